The highest BCUT2D eigenvalue weighted by Gasteiger charge is 2.35. The van der Waals surface area contributed by atoms with Crippen LogP contribution in [0.4, 0.5) is 5.69 Å². The Balaban J connectivity index is 1.69. The molecule has 0 N–H and O–H groups in total. The second-order valence-corrected chi connectivity index (χ2v) is 6.77. The summed E-state index contributed by atoms with van der Waals surface area (Å²) in [6, 6.07) is 0.150. The van der Waals surface area contributed by atoms with E-state index in [1.54, 1.807) is 11.1 Å². The van der Waals surface area contributed by atoms with Crippen molar-refractivity contribution in [1.29, 1.82) is 0 Å². The van der Waals surface area contributed by atoms with Crippen molar-refractivity contribution in [2.75, 3.05) is 18.1 Å². The molecule has 0 radical (unpaired) electrons. The van der Waals surface area contributed by atoms with E-state index in [-0.39, 0.29) is 36.1 Å². The zero-order valence-electron chi connectivity index (χ0n) is 13.8. The van der Waals surface area contributed by atoms with Crippen LogP contribution in [0.15, 0.2) is 11.0 Å². The van der Waals surface area contributed by atoms with Gasteiger partial charge in [0.2, 0.25) is 5.75 Å². The van der Waals surface area contributed by atoms with Crippen LogP contribution < -0.4 is 15.2 Å². The molecule has 1 unspecified atom stereocenters. The highest BCUT2D eigenvalue weighted by Crippen LogP contribution is 2.34. The van der Waals surface area contributed by atoms with Crippen molar-refractivity contribution in [1.82, 2.24) is 9.78 Å². The van der Waals surface area contributed by atoms with Crippen LogP contribution in [0.25, 0.3) is 0 Å². The van der Waals surface area contributed by atoms with Gasteiger partial charge in [-0.3, -0.25) is 9.59 Å². The molecule has 3 heterocycles. The molecule has 4 rings (SSSR count). The number of carbonyl (C=O) groups excluding carboxylic acids is 1. The number of fused-ring (bicyclic) bond motifs is 1. The number of amides is 1. The first-order valence-corrected chi connectivity index (χ1v) is 8.94. The van der Waals surface area contributed by atoms with Crippen LogP contribution in [0.5, 0.6) is 5.75 Å². The van der Waals surface area contributed by atoms with E-state index in [1.165, 1.54) is 11.1 Å². The molecular weight excluding hydrogens is 310 g/mol. The normalized spacial score (nSPS) is 25.2. The van der Waals surface area contributed by atoms with Gasteiger partial charge in [0.1, 0.15) is 5.69 Å². The van der Waals surface area contributed by atoms with Crippen molar-refractivity contribution in [2.45, 2.75) is 63.6 Å². The number of ether oxygens (including phenoxy) is 2. The van der Waals surface area contributed by atoms with Gasteiger partial charge < -0.3 is 14.4 Å². The smallest absolute Gasteiger partial charge is 0.313 e. The lowest BCUT2D eigenvalue weighted by molar-refractivity contribution is -0.122. The summed E-state index contributed by atoms with van der Waals surface area (Å²) in [6.45, 7) is 0.567. The third-order valence-electron chi connectivity index (χ3n) is 5.18. The molecule has 2 fully saturated rings. The van der Waals surface area contributed by atoms with Crippen LogP contribution in [0.3, 0.4) is 0 Å². The van der Waals surface area contributed by atoms with Crippen molar-refractivity contribution in [3.8, 4) is 5.75 Å². The van der Waals surface area contributed by atoms with Gasteiger partial charge >= 0.3 is 5.56 Å². The van der Waals surface area contributed by atoms with E-state index in [0.717, 1.165) is 44.9 Å². The molecule has 24 heavy (non-hydrogen) atoms. The van der Waals surface area contributed by atoms with E-state index >= 15 is 0 Å². The third kappa shape index (κ3) is 2.70. The Morgan fingerprint density at radius 1 is 1.04 bits per heavy atom. The molecule has 1 atom stereocenters. The van der Waals surface area contributed by atoms with Crippen LogP contribution in [0, 0.1) is 0 Å². The molecule has 7 nitrogen and oxygen atoms in total. The molecule has 1 aromatic heterocycles. The maximum atomic E-state index is 12.8. The minimum Gasteiger partial charge on any atom is -0.476 e. The fraction of sp³-hybridized carbons (Fsp3) is 0.706. The van der Waals surface area contributed by atoms with Crippen molar-refractivity contribution >= 4 is 11.6 Å². The lowest BCUT2D eigenvalue weighted by Gasteiger charge is -2.37. The molecular formula is C17H23N3O4. The molecule has 1 saturated carbocycles. The first-order chi connectivity index (χ1) is 11.8. The number of nitrogens with zero attached hydrogens (tertiary/aromatic N) is 3. The summed E-state index contributed by atoms with van der Waals surface area (Å²) in [6.07, 6.45) is 9.45. The van der Waals surface area contributed by atoms with Gasteiger partial charge in [0.25, 0.3) is 5.91 Å². The Labute approximate surface area is 140 Å². The van der Waals surface area contributed by atoms with Gasteiger partial charge in [-0.1, -0.05) is 19.3 Å². The maximum Gasteiger partial charge on any atom is 0.313 e. The highest BCUT2D eigenvalue weighted by atomic mass is 16.5. The molecule has 1 saturated heterocycles. The Morgan fingerprint density at radius 2 is 1.83 bits per heavy atom. The minimum atomic E-state index is -0.332. The number of aromatic nitrogens is 2. The van der Waals surface area contributed by atoms with Crippen LogP contribution in [0.2, 0.25) is 0 Å². The fourth-order valence-corrected chi connectivity index (χ4v) is 3.95. The third-order valence-corrected chi connectivity index (χ3v) is 5.18. The summed E-state index contributed by atoms with van der Waals surface area (Å²) in [7, 11) is 0. The second-order valence-electron chi connectivity index (χ2n) is 6.77. The first kappa shape index (κ1) is 15.6. The summed E-state index contributed by atoms with van der Waals surface area (Å²) >= 11 is 0. The largest absolute Gasteiger partial charge is 0.476 e. The van der Waals surface area contributed by atoms with Gasteiger partial charge in [-0.2, -0.15) is 9.78 Å². The predicted molar refractivity (Wildman–Crippen MR) is 87.2 cm³/mol. The molecule has 7 heteroatoms. The van der Waals surface area contributed by atoms with Crippen LogP contribution in [-0.2, 0) is 9.53 Å². The van der Waals surface area contributed by atoms with Gasteiger partial charge in [0.05, 0.1) is 6.20 Å². The molecule has 1 aromatic rings. The molecule has 2 aliphatic heterocycles. The average molecular weight is 333 g/mol. The number of rotatable bonds is 2. The lowest BCUT2D eigenvalue weighted by Crippen LogP contribution is -2.48. The molecule has 3 aliphatic rings. The molecule has 130 valence electrons. The van der Waals surface area contributed by atoms with Crippen molar-refractivity contribution in [2.24, 2.45) is 0 Å². The van der Waals surface area contributed by atoms with E-state index in [2.05, 4.69) is 5.10 Å². The van der Waals surface area contributed by atoms with Gasteiger partial charge in [-0.05, 0) is 32.1 Å². The zero-order chi connectivity index (χ0) is 16.5. The first-order valence-electron chi connectivity index (χ1n) is 8.94. The Bertz CT molecular complexity index is 675. The lowest BCUT2D eigenvalue weighted by atomic mass is 9.93. The van der Waals surface area contributed by atoms with Crippen molar-refractivity contribution in [3.63, 3.8) is 0 Å². The van der Waals surface area contributed by atoms with E-state index < -0.39 is 0 Å². The Kier molecular flexibility index (Phi) is 4.26. The second kappa shape index (κ2) is 6.55. The van der Waals surface area contributed by atoms with Gasteiger partial charge in [-0.15, -0.1) is 0 Å². The van der Waals surface area contributed by atoms with Crippen molar-refractivity contribution in [3.05, 3.63) is 16.6 Å². The molecule has 0 spiro atoms. The summed E-state index contributed by atoms with van der Waals surface area (Å²) < 4.78 is 12.5. The molecule has 0 bridgehead atoms. The molecule has 1 amide bonds. The minimum absolute atomic E-state index is 0.0751. The predicted octanol–water partition coefficient (Wildman–Crippen LogP) is 2.00. The zero-order valence-corrected chi connectivity index (χ0v) is 13.8. The highest BCUT2D eigenvalue weighted by molar-refractivity contribution is 5.98. The molecule has 1 aliphatic carbocycles. The van der Waals surface area contributed by atoms with Gasteiger partial charge in [0, 0.05) is 12.6 Å². The topological polar surface area (TPSA) is 73.7 Å². The van der Waals surface area contributed by atoms with Crippen LogP contribution >= 0.6 is 0 Å². The number of hydrogen-bond acceptors (Lipinski definition) is 5. The summed E-state index contributed by atoms with van der Waals surface area (Å²) in [5.41, 5.74) is 0.225. The quantitative estimate of drug-likeness (QED) is 0.827. The van der Waals surface area contributed by atoms with E-state index in [1.807, 2.05) is 0 Å². The maximum absolute atomic E-state index is 12.8. The van der Waals surface area contributed by atoms with E-state index in [4.69, 9.17) is 9.47 Å². The molecule has 0 aromatic carbocycles. The van der Waals surface area contributed by atoms with E-state index in [0.29, 0.717) is 12.3 Å². The Morgan fingerprint density at radius 3 is 2.58 bits per heavy atom. The van der Waals surface area contributed by atoms with Crippen molar-refractivity contribution < 1.29 is 14.3 Å². The van der Waals surface area contributed by atoms with Crippen LogP contribution in [-0.4, -0.2) is 34.9 Å². The average Bonchev–Trinajstić information content (AvgIpc) is 2.63. The number of hydrogen-bond donors (Lipinski definition) is 0. The summed E-state index contributed by atoms with van der Waals surface area (Å²) in [5, 5.41) is 4.30. The van der Waals surface area contributed by atoms with Gasteiger partial charge in [0.15, 0.2) is 12.8 Å². The fourth-order valence-electron chi connectivity index (χ4n) is 3.95. The van der Waals surface area contributed by atoms with E-state index in [9.17, 15) is 9.59 Å². The van der Waals surface area contributed by atoms with Crippen LogP contribution in [0.1, 0.15) is 57.6 Å². The number of carbonyl (C=O) groups is 1. The number of anilines is 1. The SMILES string of the molecule is O=C1COc2c(cnn(C3CCCCO3)c2=O)N1C1CCCCC1. The standard InChI is InChI=1S/C17H23N3O4/c21-14-11-24-16-13(19(14)12-6-2-1-3-7-12)10-18-20(17(16)22)15-8-4-5-9-23-15/h10,12,15H,1-9,11H2. The Hall–Kier alpha value is -1.89. The van der Waals surface area contributed by atoms with Gasteiger partial charge in [-0.25, -0.2) is 0 Å². The summed E-state index contributed by atoms with van der Waals surface area (Å²) in [4.78, 5) is 26.9. The summed E-state index contributed by atoms with van der Waals surface area (Å²) in [5.74, 6) is 0.159. The monoisotopic (exact) mass is 333 g/mol.